The molecule has 0 aliphatic carbocycles. The van der Waals surface area contributed by atoms with Crippen LogP contribution in [0.3, 0.4) is 0 Å². The minimum absolute atomic E-state index is 0.833. The molecule has 9 heavy (non-hydrogen) atoms. The fourth-order valence-electron chi connectivity index (χ4n) is 0. The van der Waals surface area contributed by atoms with Crippen LogP contribution in [0.15, 0.2) is 0 Å². The summed E-state index contributed by atoms with van der Waals surface area (Å²) in [6, 6.07) is 0. The Balaban J connectivity index is 0. The number of hydrogen-bond acceptors (Lipinski definition) is 1. The molecule has 0 saturated heterocycles. The Bertz CT molecular complexity index is 87.0. The molecule has 3 N–H and O–H groups in total. The van der Waals surface area contributed by atoms with E-state index < -0.39 is 7.82 Å². The van der Waals surface area contributed by atoms with Crippen molar-refractivity contribution in [1.29, 1.82) is 0 Å². The van der Waals surface area contributed by atoms with Crippen molar-refractivity contribution in [2.24, 2.45) is 0 Å². The van der Waals surface area contributed by atoms with Crippen molar-refractivity contribution >= 4 is 7.82 Å². The summed E-state index contributed by atoms with van der Waals surface area (Å²) in [5.41, 5.74) is 0. The molecule has 0 atom stereocenters. The van der Waals surface area contributed by atoms with Gasteiger partial charge in [0.1, 0.15) is 0 Å². The van der Waals surface area contributed by atoms with Gasteiger partial charge in [-0.2, -0.15) is 0 Å². The molecule has 0 rings (SSSR count). The molecule has 0 aromatic heterocycles. The van der Waals surface area contributed by atoms with E-state index in [1.165, 1.54) is 0 Å². The Labute approximate surface area is 65.9 Å². The van der Waals surface area contributed by atoms with Gasteiger partial charge in [0.15, 0.2) is 0 Å². The van der Waals surface area contributed by atoms with E-state index in [-0.39, 0.29) is 0 Å². The molecular weight excluding hydrogens is 179 g/mol. The maximum absolute atomic E-state index is 8.88. The van der Waals surface area contributed by atoms with Crippen LogP contribution < -0.4 is 0 Å². The van der Waals surface area contributed by atoms with Crippen molar-refractivity contribution < 1.29 is 39.7 Å². The third-order valence-electron chi connectivity index (χ3n) is 0. The molecule has 55 valence electrons. The zero-order chi connectivity index (χ0) is 8.08. The van der Waals surface area contributed by atoms with E-state index in [1.807, 2.05) is 0 Å². The van der Waals surface area contributed by atoms with Crippen molar-refractivity contribution in [1.82, 2.24) is 0 Å². The molecule has 4 nitrogen and oxygen atoms in total. The topological polar surface area (TPSA) is 77.8 Å². The third-order valence-corrected chi connectivity index (χ3v) is 0. The maximum Gasteiger partial charge on any atom is 0.466 e. The predicted molar refractivity (Wildman–Crippen MR) is 29.4 cm³/mol. The molecule has 0 aromatic rings. The largest absolute Gasteiger partial charge is 0.466 e. The maximum atomic E-state index is 8.88. The van der Waals surface area contributed by atoms with Gasteiger partial charge in [0.25, 0.3) is 0 Å². The molecule has 0 bridgehead atoms. The van der Waals surface area contributed by atoms with E-state index in [1.54, 1.807) is 0 Å². The summed E-state index contributed by atoms with van der Waals surface area (Å²) >= 11 is 2.17. The first-order valence-electron chi connectivity index (χ1n) is 2.23. The van der Waals surface area contributed by atoms with E-state index in [2.05, 4.69) is 34.3 Å². The Morgan fingerprint density at radius 1 is 1.33 bits per heavy atom. The third kappa shape index (κ3) is 605. The number of rotatable bonds is 0. The van der Waals surface area contributed by atoms with Gasteiger partial charge in [0, 0.05) is 0 Å². The van der Waals surface area contributed by atoms with Gasteiger partial charge in [-0.15, -0.1) is 0 Å². The van der Waals surface area contributed by atoms with Gasteiger partial charge in [-0.3, -0.25) is 0 Å². The van der Waals surface area contributed by atoms with Gasteiger partial charge >= 0.3 is 46.3 Å². The summed E-state index contributed by atoms with van der Waals surface area (Å²) < 4.78 is 9.72. The van der Waals surface area contributed by atoms with Gasteiger partial charge in [0.05, 0.1) is 0 Å². The quantitative estimate of drug-likeness (QED) is 0.381. The standard InChI is InChI=1S/C3H7.H3O4P.Ti/c1-3-2;1-5(2,3)4;/h3H,1-2H3;(H3,1,2,3,4);. The van der Waals surface area contributed by atoms with Crippen LogP contribution in [-0.2, 0) is 25.0 Å². The Hall–Kier alpha value is 0.824. The van der Waals surface area contributed by atoms with Gasteiger partial charge in [-0.05, 0) is 0 Å². The average Bonchev–Trinajstić information content (AvgIpc) is 1.19. The first kappa shape index (κ1) is 12.5. The first-order chi connectivity index (χ1) is 3.73. The van der Waals surface area contributed by atoms with Crippen molar-refractivity contribution in [3.8, 4) is 0 Å². The van der Waals surface area contributed by atoms with Crippen LogP contribution in [0.5, 0.6) is 0 Å². The van der Waals surface area contributed by atoms with Gasteiger partial charge in [0.2, 0.25) is 0 Å². The van der Waals surface area contributed by atoms with Crippen LogP contribution in [0.4, 0.5) is 0 Å². The fraction of sp³-hybridized carbons (Fsp3) is 1.00. The average molecular weight is 189 g/mol. The number of phosphoric acid groups is 1. The van der Waals surface area contributed by atoms with Gasteiger partial charge in [-0.25, -0.2) is 4.57 Å². The summed E-state index contributed by atoms with van der Waals surface area (Å²) in [5, 5.41) is 0. The summed E-state index contributed by atoms with van der Waals surface area (Å²) in [5.74, 6) is 0. The summed E-state index contributed by atoms with van der Waals surface area (Å²) in [7, 11) is -4.64. The monoisotopic (exact) mass is 189 g/mol. The predicted octanol–water partition coefficient (Wildman–Crippen LogP) is 0.433. The SMILES string of the molecule is C[CH](C)[Ti].O=P(O)(O)O. The Morgan fingerprint density at radius 2 is 1.33 bits per heavy atom. The number of hydrogen-bond donors (Lipinski definition) is 3. The summed E-state index contributed by atoms with van der Waals surface area (Å²) in [6.45, 7) is 4.33. The minimum Gasteiger partial charge on any atom is -0.303 e. The molecule has 0 saturated carbocycles. The van der Waals surface area contributed by atoms with Gasteiger partial charge < -0.3 is 14.7 Å². The van der Waals surface area contributed by atoms with E-state index in [4.69, 9.17) is 19.2 Å². The van der Waals surface area contributed by atoms with Crippen LogP contribution in [0.2, 0.25) is 4.22 Å². The second-order valence-electron chi connectivity index (χ2n) is 1.67. The zero-order valence-corrected chi connectivity index (χ0v) is 7.73. The molecule has 0 unspecified atom stereocenters. The molecule has 6 heteroatoms. The molecule has 0 spiro atoms. The Kier molecular flexibility index (Phi) is 7.77. The molecule has 0 aromatic carbocycles. The van der Waals surface area contributed by atoms with Crippen LogP contribution >= 0.6 is 7.82 Å². The summed E-state index contributed by atoms with van der Waals surface area (Å²) in [6.07, 6.45) is 0. The van der Waals surface area contributed by atoms with Gasteiger partial charge in [-0.1, -0.05) is 0 Å². The van der Waals surface area contributed by atoms with Crippen LogP contribution in [0.1, 0.15) is 13.8 Å². The van der Waals surface area contributed by atoms with Crippen LogP contribution in [0, 0.1) is 0 Å². The minimum atomic E-state index is -4.64. The molecule has 0 fully saturated rings. The fourth-order valence-corrected chi connectivity index (χ4v) is 0. The van der Waals surface area contributed by atoms with Crippen molar-refractivity contribution in [3.63, 3.8) is 0 Å². The molecule has 0 aliphatic rings. The van der Waals surface area contributed by atoms with Crippen molar-refractivity contribution in [2.75, 3.05) is 0 Å². The van der Waals surface area contributed by atoms with Crippen LogP contribution in [-0.4, -0.2) is 14.7 Å². The molecule has 0 heterocycles. The molecular formula is C3H10O4PTi. The van der Waals surface area contributed by atoms with E-state index in [9.17, 15) is 0 Å². The van der Waals surface area contributed by atoms with Crippen molar-refractivity contribution in [3.05, 3.63) is 0 Å². The molecule has 0 amide bonds. The molecule has 0 aliphatic heterocycles. The van der Waals surface area contributed by atoms with Crippen LogP contribution in [0.25, 0.3) is 0 Å². The second kappa shape index (κ2) is 5.60. The smallest absolute Gasteiger partial charge is 0.303 e. The second-order valence-corrected chi connectivity index (χ2v) is 4.50. The first-order valence-corrected chi connectivity index (χ1v) is 4.69. The Morgan fingerprint density at radius 3 is 1.33 bits per heavy atom. The zero-order valence-electron chi connectivity index (χ0n) is 5.27. The molecule has 0 radical (unpaired) electrons. The van der Waals surface area contributed by atoms with E-state index in [0.29, 0.717) is 0 Å². The van der Waals surface area contributed by atoms with Crippen molar-refractivity contribution in [2.45, 2.75) is 18.1 Å². The van der Waals surface area contributed by atoms with E-state index in [0.717, 1.165) is 4.22 Å². The normalized spacial score (nSPS) is 10.3. The summed E-state index contributed by atoms with van der Waals surface area (Å²) in [4.78, 5) is 21.6. The van der Waals surface area contributed by atoms with E-state index >= 15 is 0 Å².